The number of hydrogen-bond donors (Lipinski definition) is 1. The van der Waals surface area contributed by atoms with Crippen LogP contribution in [0.15, 0.2) is 53.6 Å². The fourth-order valence-electron chi connectivity index (χ4n) is 3.06. The van der Waals surface area contributed by atoms with Crippen molar-refractivity contribution in [3.63, 3.8) is 0 Å². The van der Waals surface area contributed by atoms with Crippen LogP contribution in [0.1, 0.15) is 18.5 Å². The predicted octanol–water partition coefficient (Wildman–Crippen LogP) is 3.34. The van der Waals surface area contributed by atoms with Gasteiger partial charge in [0.2, 0.25) is 0 Å². The van der Waals surface area contributed by atoms with E-state index in [1.807, 2.05) is 6.07 Å². The summed E-state index contributed by atoms with van der Waals surface area (Å²) >= 11 is 0. The van der Waals surface area contributed by atoms with Crippen LogP contribution in [0.25, 0.3) is 22.4 Å². The zero-order chi connectivity index (χ0) is 19.9. The fourth-order valence-corrected chi connectivity index (χ4v) is 4.94. The topological polar surface area (TPSA) is 110 Å². The quantitative estimate of drug-likeness (QED) is 0.727. The normalized spacial score (nSPS) is 13.9. The Hall–Kier alpha value is -3.31. The molecular weight excluding hydrogens is 379 g/mol. The van der Waals surface area contributed by atoms with Crippen molar-refractivity contribution >= 4 is 15.7 Å². The third-order valence-corrected chi connectivity index (χ3v) is 6.91. The molecule has 2 N–H and O–H groups in total. The fraction of sp³-hybridized carbons (Fsp3) is 0.150. The number of anilines is 1. The van der Waals surface area contributed by atoms with Gasteiger partial charge in [0, 0.05) is 11.1 Å². The Kier molecular flexibility index (Phi) is 4.32. The summed E-state index contributed by atoms with van der Waals surface area (Å²) in [6.07, 6.45) is 2.55. The Labute approximate surface area is 161 Å². The number of hydrogen-bond acceptors (Lipinski definition) is 6. The van der Waals surface area contributed by atoms with Crippen LogP contribution >= 0.6 is 0 Å². The highest BCUT2D eigenvalue weighted by molar-refractivity contribution is 7.92. The Morgan fingerprint density at radius 1 is 1.14 bits per heavy atom. The monoisotopic (exact) mass is 394 g/mol. The van der Waals surface area contributed by atoms with Crippen molar-refractivity contribution in [2.75, 3.05) is 5.73 Å². The Balaban J connectivity index is 1.82. The SMILES string of the molecule is N#Cc1nc(N)cnc1-c1ccc(-c2ccccc2S(=O)(=O)C2CC2)cc1F. The summed E-state index contributed by atoms with van der Waals surface area (Å²) in [5.41, 5.74) is 6.51. The molecule has 6 nitrogen and oxygen atoms in total. The maximum atomic E-state index is 14.9. The lowest BCUT2D eigenvalue weighted by atomic mass is 10.0. The van der Waals surface area contributed by atoms with Crippen molar-refractivity contribution in [2.45, 2.75) is 23.0 Å². The van der Waals surface area contributed by atoms with Gasteiger partial charge in [-0.15, -0.1) is 0 Å². The van der Waals surface area contributed by atoms with Crippen LogP contribution in [-0.2, 0) is 9.84 Å². The molecule has 0 atom stereocenters. The van der Waals surface area contributed by atoms with Gasteiger partial charge in [0.05, 0.1) is 16.3 Å². The van der Waals surface area contributed by atoms with Gasteiger partial charge in [0.25, 0.3) is 0 Å². The molecule has 0 amide bonds. The molecule has 1 aromatic heterocycles. The zero-order valence-electron chi connectivity index (χ0n) is 14.6. The summed E-state index contributed by atoms with van der Waals surface area (Å²) in [6.45, 7) is 0. The first-order chi connectivity index (χ1) is 13.4. The summed E-state index contributed by atoms with van der Waals surface area (Å²) in [5.74, 6) is -0.566. The van der Waals surface area contributed by atoms with Crippen LogP contribution in [-0.4, -0.2) is 23.6 Å². The number of nitrogens with zero attached hydrogens (tertiary/aromatic N) is 3. The van der Waals surface area contributed by atoms with Gasteiger partial charge in [0.15, 0.2) is 15.5 Å². The molecule has 0 spiro atoms. The standard InChI is InChI=1S/C20H15FN4O2S/c21-16-9-12(5-8-15(16)20-17(10-22)25-19(23)11-24-20)14-3-1-2-4-18(14)28(26,27)13-6-7-13/h1-5,8-9,11,13H,6-7H2,(H2,23,25). The number of rotatable bonds is 4. The van der Waals surface area contributed by atoms with E-state index >= 15 is 0 Å². The molecule has 140 valence electrons. The molecule has 28 heavy (non-hydrogen) atoms. The minimum atomic E-state index is -3.44. The first-order valence-corrected chi connectivity index (χ1v) is 10.1. The van der Waals surface area contributed by atoms with E-state index in [-0.39, 0.29) is 32.9 Å². The van der Waals surface area contributed by atoms with E-state index in [0.717, 1.165) is 0 Å². The summed E-state index contributed by atoms with van der Waals surface area (Å²) in [4.78, 5) is 8.10. The largest absolute Gasteiger partial charge is 0.382 e. The second-order valence-electron chi connectivity index (χ2n) is 6.54. The lowest BCUT2D eigenvalue weighted by Crippen LogP contribution is -2.08. The van der Waals surface area contributed by atoms with Gasteiger partial charge >= 0.3 is 0 Å². The van der Waals surface area contributed by atoms with Gasteiger partial charge in [-0.05, 0) is 36.6 Å². The second kappa shape index (κ2) is 6.69. The number of halogens is 1. The van der Waals surface area contributed by atoms with E-state index in [2.05, 4.69) is 9.97 Å². The molecule has 0 aliphatic heterocycles. The Morgan fingerprint density at radius 3 is 2.57 bits per heavy atom. The van der Waals surface area contributed by atoms with Crippen LogP contribution in [0.4, 0.5) is 10.2 Å². The van der Waals surface area contributed by atoms with E-state index in [1.54, 1.807) is 30.3 Å². The molecule has 1 aliphatic rings. The van der Waals surface area contributed by atoms with E-state index < -0.39 is 15.7 Å². The highest BCUT2D eigenvalue weighted by atomic mass is 32.2. The average Bonchev–Trinajstić information content (AvgIpc) is 3.54. The molecule has 0 unspecified atom stereocenters. The van der Waals surface area contributed by atoms with Crippen molar-refractivity contribution in [2.24, 2.45) is 0 Å². The molecule has 4 rings (SSSR count). The predicted molar refractivity (Wildman–Crippen MR) is 102 cm³/mol. The van der Waals surface area contributed by atoms with E-state index in [0.29, 0.717) is 24.0 Å². The third-order valence-electron chi connectivity index (χ3n) is 4.59. The van der Waals surface area contributed by atoms with E-state index in [4.69, 9.17) is 5.73 Å². The van der Waals surface area contributed by atoms with Gasteiger partial charge in [0.1, 0.15) is 23.4 Å². The maximum Gasteiger partial charge on any atom is 0.181 e. The molecular formula is C20H15FN4O2S. The Bertz CT molecular complexity index is 1230. The molecule has 0 radical (unpaired) electrons. The number of nitriles is 1. The maximum absolute atomic E-state index is 14.9. The van der Waals surface area contributed by atoms with Crippen molar-refractivity contribution < 1.29 is 12.8 Å². The van der Waals surface area contributed by atoms with Crippen molar-refractivity contribution in [1.82, 2.24) is 9.97 Å². The van der Waals surface area contributed by atoms with Gasteiger partial charge in [-0.3, -0.25) is 0 Å². The van der Waals surface area contributed by atoms with Gasteiger partial charge in [-0.1, -0.05) is 24.3 Å². The van der Waals surface area contributed by atoms with Gasteiger partial charge in [-0.2, -0.15) is 5.26 Å². The Morgan fingerprint density at radius 2 is 1.89 bits per heavy atom. The number of benzene rings is 2. The number of nitrogens with two attached hydrogens (primary N) is 1. The van der Waals surface area contributed by atoms with E-state index in [9.17, 15) is 18.1 Å². The first kappa shape index (κ1) is 18.1. The number of aromatic nitrogens is 2. The lowest BCUT2D eigenvalue weighted by Gasteiger charge is -2.12. The summed E-state index contributed by atoms with van der Waals surface area (Å²) in [7, 11) is -3.44. The molecule has 2 aromatic carbocycles. The van der Waals surface area contributed by atoms with Crippen molar-refractivity contribution in [1.29, 1.82) is 5.26 Å². The molecule has 3 aromatic rings. The van der Waals surface area contributed by atoms with Crippen molar-refractivity contribution in [3.8, 4) is 28.5 Å². The number of sulfone groups is 1. The van der Waals surface area contributed by atoms with Crippen LogP contribution < -0.4 is 5.73 Å². The van der Waals surface area contributed by atoms with E-state index in [1.165, 1.54) is 18.3 Å². The third kappa shape index (κ3) is 3.10. The lowest BCUT2D eigenvalue weighted by molar-refractivity contribution is 0.595. The van der Waals surface area contributed by atoms with Crippen molar-refractivity contribution in [3.05, 3.63) is 60.2 Å². The average molecular weight is 394 g/mol. The summed E-state index contributed by atoms with van der Waals surface area (Å²) in [5, 5.41) is 8.85. The summed E-state index contributed by atoms with van der Waals surface area (Å²) < 4.78 is 40.3. The first-order valence-electron chi connectivity index (χ1n) is 8.57. The molecule has 0 bridgehead atoms. The van der Waals surface area contributed by atoms with Crippen LogP contribution in [0, 0.1) is 17.1 Å². The minimum absolute atomic E-state index is 0.0662. The highest BCUT2D eigenvalue weighted by Gasteiger charge is 2.38. The smallest absolute Gasteiger partial charge is 0.181 e. The van der Waals surface area contributed by atoms with Crippen LogP contribution in [0.2, 0.25) is 0 Å². The molecule has 0 saturated heterocycles. The number of nitrogen functional groups attached to an aromatic ring is 1. The molecule has 1 aliphatic carbocycles. The van der Waals surface area contributed by atoms with Gasteiger partial charge < -0.3 is 5.73 Å². The minimum Gasteiger partial charge on any atom is -0.382 e. The van der Waals surface area contributed by atoms with Gasteiger partial charge in [-0.25, -0.2) is 22.8 Å². The second-order valence-corrected chi connectivity index (χ2v) is 8.74. The molecule has 8 heteroatoms. The molecule has 1 heterocycles. The highest BCUT2D eigenvalue weighted by Crippen LogP contribution is 2.38. The zero-order valence-corrected chi connectivity index (χ0v) is 15.4. The van der Waals surface area contributed by atoms with Crippen LogP contribution in [0.3, 0.4) is 0 Å². The summed E-state index contributed by atoms with van der Waals surface area (Å²) in [6, 6.07) is 12.8. The van der Waals surface area contributed by atoms with Crippen LogP contribution in [0.5, 0.6) is 0 Å². The molecule has 1 saturated carbocycles. The molecule has 1 fully saturated rings.